The van der Waals surface area contributed by atoms with Crippen LogP contribution in [0.25, 0.3) is 0 Å². The van der Waals surface area contributed by atoms with Crippen molar-refractivity contribution < 1.29 is 14.3 Å². The van der Waals surface area contributed by atoms with E-state index in [1.54, 1.807) is 6.07 Å². The van der Waals surface area contributed by atoms with Gasteiger partial charge in [0, 0.05) is 6.42 Å². The van der Waals surface area contributed by atoms with Crippen LogP contribution in [-0.4, -0.2) is 11.1 Å². The Morgan fingerprint density at radius 1 is 1.54 bits per heavy atom. The number of carboxylic acid groups (broad SMARTS) is 1. The predicted octanol–water partition coefficient (Wildman–Crippen LogP) is 2.15. The predicted molar refractivity (Wildman–Crippen MR) is 47.1 cm³/mol. The van der Waals surface area contributed by atoms with Crippen LogP contribution < -0.4 is 0 Å². The molecule has 0 heterocycles. The van der Waals surface area contributed by atoms with Crippen LogP contribution in [0.5, 0.6) is 0 Å². The van der Waals surface area contributed by atoms with Crippen molar-refractivity contribution in [3.63, 3.8) is 0 Å². The molecule has 0 radical (unpaired) electrons. The fourth-order valence-corrected chi connectivity index (χ4v) is 1.15. The second kappa shape index (κ2) is 4.03. The number of aliphatic carboxylic acids is 1. The lowest BCUT2D eigenvalue weighted by Gasteiger charge is -2.03. The average Bonchev–Trinajstić information content (AvgIpc) is 2.06. The van der Waals surface area contributed by atoms with E-state index >= 15 is 0 Å². The molecule has 70 valence electrons. The molecule has 1 N–H and O–H groups in total. The molecule has 0 saturated heterocycles. The van der Waals surface area contributed by atoms with Gasteiger partial charge in [0.15, 0.2) is 0 Å². The van der Waals surface area contributed by atoms with Crippen LogP contribution in [-0.2, 0) is 11.2 Å². The Kier molecular flexibility index (Phi) is 3.01. The molecule has 0 unspecified atom stereocenters. The highest BCUT2D eigenvalue weighted by atomic mass is 19.1. The van der Waals surface area contributed by atoms with Crippen LogP contribution in [0, 0.1) is 12.7 Å². The second-order valence-electron chi connectivity index (χ2n) is 2.96. The van der Waals surface area contributed by atoms with E-state index in [-0.39, 0.29) is 12.2 Å². The van der Waals surface area contributed by atoms with E-state index in [0.29, 0.717) is 6.42 Å². The Balaban J connectivity index is 2.75. The van der Waals surface area contributed by atoms with Crippen LogP contribution in [0.1, 0.15) is 17.5 Å². The lowest BCUT2D eigenvalue weighted by atomic mass is 10.0. The van der Waals surface area contributed by atoms with E-state index in [1.165, 1.54) is 12.1 Å². The molecule has 1 aromatic rings. The molecule has 1 aromatic carbocycles. The quantitative estimate of drug-likeness (QED) is 0.777. The van der Waals surface area contributed by atoms with Crippen LogP contribution in [0.2, 0.25) is 0 Å². The highest BCUT2D eigenvalue weighted by Gasteiger charge is 2.03. The van der Waals surface area contributed by atoms with Crippen molar-refractivity contribution >= 4 is 5.97 Å². The highest BCUT2D eigenvalue weighted by Crippen LogP contribution is 2.12. The highest BCUT2D eigenvalue weighted by molar-refractivity contribution is 5.67. The van der Waals surface area contributed by atoms with Gasteiger partial charge in [-0.15, -0.1) is 0 Å². The molecule has 0 amide bonds. The third-order valence-corrected chi connectivity index (χ3v) is 1.92. The Labute approximate surface area is 76.0 Å². The Bertz CT molecular complexity index is 321. The molecule has 0 aliphatic heterocycles. The molecule has 0 aliphatic rings. The summed E-state index contributed by atoms with van der Waals surface area (Å²) in [6.07, 6.45) is 0.434. The summed E-state index contributed by atoms with van der Waals surface area (Å²) in [7, 11) is 0. The molecule has 0 aromatic heterocycles. The van der Waals surface area contributed by atoms with Crippen molar-refractivity contribution in [3.05, 3.63) is 35.1 Å². The molecule has 0 fully saturated rings. The molecular formula is C10H11FO2. The molecule has 0 atom stereocenters. The molecule has 3 heteroatoms. The van der Waals surface area contributed by atoms with Crippen molar-refractivity contribution in [3.8, 4) is 0 Å². The number of aryl methyl sites for hydroxylation is 2. The summed E-state index contributed by atoms with van der Waals surface area (Å²) in [5, 5.41) is 8.44. The maximum Gasteiger partial charge on any atom is 0.303 e. The Morgan fingerprint density at radius 2 is 2.23 bits per heavy atom. The first-order chi connectivity index (χ1) is 6.09. The third kappa shape index (κ3) is 2.86. The van der Waals surface area contributed by atoms with Crippen molar-refractivity contribution in [1.29, 1.82) is 0 Å². The van der Waals surface area contributed by atoms with E-state index in [0.717, 1.165) is 11.1 Å². The van der Waals surface area contributed by atoms with Gasteiger partial charge in [0.1, 0.15) is 5.82 Å². The van der Waals surface area contributed by atoms with E-state index in [2.05, 4.69) is 0 Å². The molecule has 0 saturated carbocycles. The number of carboxylic acids is 1. The number of hydrogen-bond acceptors (Lipinski definition) is 1. The summed E-state index contributed by atoms with van der Waals surface area (Å²) in [4.78, 5) is 10.3. The van der Waals surface area contributed by atoms with Crippen LogP contribution in [0.3, 0.4) is 0 Å². The van der Waals surface area contributed by atoms with Crippen LogP contribution in [0.15, 0.2) is 18.2 Å². The molecular weight excluding hydrogens is 171 g/mol. The van der Waals surface area contributed by atoms with Gasteiger partial charge in [-0.1, -0.05) is 6.07 Å². The second-order valence-corrected chi connectivity index (χ2v) is 2.96. The van der Waals surface area contributed by atoms with Gasteiger partial charge in [0.05, 0.1) is 0 Å². The molecule has 1 rings (SSSR count). The van der Waals surface area contributed by atoms with E-state index in [4.69, 9.17) is 5.11 Å². The maximum absolute atomic E-state index is 12.7. The molecule has 0 spiro atoms. The standard InChI is InChI=1S/C10H11FO2/c1-7-2-4-9(11)6-8(7)3-5-10(12)13/h2,4,6H,3,5H2,1H3,(H,12,13). The van der Waals surface area contributed by atoms with Gasteiger partial charge in [-0.2, -0.15) is 0 Å². The van der Waals surface area contributed by atoms with E-state index < -0.39 is 5.97 Å². The molecule has 2 nitrogen and oxygen atoms in total. The Morgan fingerprint density at radius 3 is 2.85 bits per heavy atom. The summed E-state index contributed by atoms with van der Waals surface area (Å²) in [5.74, 6) is -1.17. The number of hydrogen-bond donors (Lipinski definition) is 1. The zero-order chi connectivity index (χ0) is 9.84. The minimum Gasteiger partial charge on any atom is -0.481 e. The number of benzene rings is 1. The smallest absolute Gasteiger partial charge is 0.303 e. The van der Waals surface area contributed by atoms with Gasteiger partial charge < -0.3 is 5.11 Å². The monoisotopic (exact) mass is 182 g/mol. The fraction of sp³-hybridized carbons (Fsp3) is 0.300. The number of carbonyl (C=O) groups is 1. The molecule has 13 heavy (non-hydrogen) atoms. The summed E-state index contributed by atoms with van der Waals surface area (Å²) in [6, 6.07) is 4.42. The summed E-state index contributed by atoms with van der Waals surface area (Å²) < 4.78 is 12.7. The van der Waals surface area contributed by atoms with Gasteiger partial charge in [0.25, 0.3) is 0 Å². The minimum absolute atomic E-state index is 0.0459. The first kappa shape index (κ1) is 9.71. The SMILES string of the molecule is Cc1ccc(F)cc1CCC(=O)O. The van der Waals surface area contributed by atoms with Crippen molar-refractivity contribution in [1.82, 2.24) is 0 Å². The van der Waals surface area contributed by atoms with E-state index in [9.17, 15) is 9.18 Å². The largest absolute Gasteiger partial charge is 0.481 e. The third-order valence-electron chi connectivity index (χ3n) is 1.92. The van der Waals surface area contributed by atoms with Crippen LogP contribution in [0.4, 0.5) is 4.39 Å². The zero-order valence-electron chi connectivity index (χ0n) is 7.38. The maximum atomic E-state index is 12.7. The van der Waals surface area contributed by atoms with Gasteiger partial charge >= 0.3 is 5.97 Å². The zero-order valence-corrected chi connectivity index (χ0v) is 7.38. The van der Waals surface area contributed by atoms with Crippen molar-refractivity contribution in [2.75, 3.05) is 0 Å². The average molecular weight is 182 g/mol. The first-order valence-corrected chi connectivity index (χ1v) is 4.06. The normalized spacial score (nSPS) is 10.0. The lowest BCUT2D eigenvalue weighted by Crippen LogP contribution is -1.99. The van der Waals surface area contributed by atoms with Crippen molar-refractivity contribution in [2.45, 2.75) is 19.8 Å². The molecule has 0 aliphatic carbocycles. The van der Waals surface area contributed by atoms with Gasteiger partial charge in [-0.05, 0) is 36.6 Å². The van der Waals surface area contributed by atoms with Crippen molar-refractivity contribution in [2.24, 2.45) is 0 Å². The van der Waals surface area contributed by atoms with Crippen LogP contribution >= 0.6 is 0 Å². The summed E-state index contributed by atoms with van der Waals surface area (Å²) >= 11 is 0. The van der Waals surface area contributed by atoms with Gasteiger partial charge in [-0.3, -0.25) is 4.79 Å². The number of rotatable bonds is 3. The lowest BCUT2D eigenvalue weighted by molar-refractivity contribution is -0.136. The first-order valence-electron chi connectivity index (χ1n) is 4.06. The van der Waals surface area contributed by atoms with Gasteiger partial charge in [-0.25, -0.2) is 4.39 Å². The number of halogens is 1. The fourth-order valence-electron chi connectivity index (χ4n) is 1.15. The van der Waals surface area contributed by atoms with E-state index in [1.807, 2.05) is 6.92 Å². The summed E-state index contributed by atoms with van der Waals surface area (Å²) in [5.41, 5.74) is 1.70. The van der Waals surface area contributed by atoms with Gasteiger partial charge in [0.2, 0.25) is 0 Å². The Hall–Kier alpha value is -1.38. The minimum atomic E-state index is -0.858. The topological polar surface area (TPSA) is 37.3 Å². The molecule has 0 bridgehead atoms. The summed E-state index contributed by atoms with van der Waals surface area (Å²) in [6.45, 7) is 1.84.